The zero-order valence-corrected chi connectivity index (χ0v) is 17.5. The highest BCUT2D eigenvalue weighted by Crippen LogP contribution is 2.35. The first-order valence-electron chi connectivity index (χ1n) is 8.75. The average Bonchev–Trinajstić information content (AvgIpc) is 2.57. The standard InChI is InChI=1S/C17H25ClF3N3O3S/c1-4-24(12(2)3)10-9-22-16(25)7-8-23-28(26,27)13-5-6-15(18)14(11-13)17(19,20)21/h5-6,11-12,23H,4,7-10H2,1-3H3,(H,22,25). The van der Waals surface area contributed by atoms with Gasteiger partial charge < -0.3 is 5.32 Å². The highest BCUT2D eigenvalue weighted by molar-refractivity contribution is 7.89. The molecular formula is C17H25ClF3N3O3S. The minimum atomic E-state index is -4.77. The van der Waals surface area contributed by atoms with Gasteiger partial charge in [-0.15, -0.1) is 0 Å². The number of carbonyl (C=O) groups excluding carboxylic acids is 1. The number of hydrogen-bond acceptors (Lipinski definition) is 4. The Morgan fingerprint density at radius 2 is 1.89 bits per heavy atom. The molecule has 0 aliphatic carbocycles. The molecule has 0 atom stereocenters. The van der Waals surface area contributed by atoms with Crippen molar-refractivity contribution in [3.63, 3.8) is 0 Å². The summed E-state index contributed by atoms with van der Waals surface area (Å²) in [5.74, 6) is -0.352. The third-order valence-corrected chi connectivity index (χ3v) is 5.84. The quantitative estimate of drug-likeness (QED) is 0.583. The number of amides is 1. The third kappa shape index (κ3) is 7.57. The lowest BCUT2D eigenvalue weighted by Crippen LogP contribution is -2.39. The smallest absolute Gasteiger partial charge is 0.355 e. The maximum Gasteiger partial charge on any atom is 0.417 e. The minimum absolute atomic E-state index is 0.132. The van der Waals surface area contributed by atoms with E-state index in [1.807, 2.05) is 20.8 Å². The van der Waals surface area contributed by atoms with Gasteiger partial charge in [0.05, 0.1) is 15.5 Å². The summed E-state index contributed by atoms with van der Waals surface area (Å²) in [7, 11) is -4.20. The number of nitrogens with zero attached hydrogens (tertiary/aromatic N) is 1. The molecule has 0 unspecified atom stereocenters. The first-order chi connectivity index (χ1) is 12.9. The molecule has 0 aromatic heterocycles. The van der Waals surface area contributed by atoms with Crippen molar-refractivity contribution in [3.05, 3.63) is 28.8 Å². The molecule has 0 aliphatic rings. The van der Waals surface area contributed by atoms with Gasteiger partial charge in [0, 0.05) is 32.1 Å². The Bertz CT molecular complexity index is 771. The molecule has 0 fully saturated rings. The summed E-state index contributed by atoms with van der Waals surface area (Å²) in [6, 6.07) is 2.66. The van der Waals surface area contributed by atoms with Crippen LogP contribution >= 0.6 is 11.6 Å². The van der Waals surface area contributed by atoms with Crippen LogP contribution in [0.1, 0.15) is 32.8 Å². The van der Waals surface area contributed by atoms with E-state index in [-0.39, 0.29) is 18.9 Å². The molecule has 0 aliphatic heterocycles. The maximum atomic E-state index is 12.9. The largest absolute Gasteiger partial charge is 0.417 e. The lowest BCUT2D eigenvalue weighted by atomic mass is 10.2. The number of alkyl halides is 3. The predicted molar refractivity (Wildman–Crippen MR) is 102 cm³/mol. The molecule has 0 saturated heterocycles. The summed E-state index contributed by atoms with van der Waals surface area (Å²) in [4.78, 5) is 13.4. The van der Waals surface area contributed by atoms with Crippen molar-refractivity contribution < 1.29 is 26.4 Å². The van der Waals surface area contributed by atoms with E-state index < -0.39 is 31.7 Å². The topological polar surface area (TPSA) is 78.5 Å². The van der Waals surface area contributed by atoms with Gasteiger partial charge in [0.15, 0.2) is 0 Å². The van der Waals surface area contributed by atoms with Crippen LogP contribution in [-0.2, 0) is 21.0 Å². The molecule has 1 amide bonds. The van der Waals surface area contributed by atoms with E-state index in [4.69, 9.17) is 11.6 Å². The van der Waals surface area contributed by atoms with Crippen molar-refractivity contribution >= 4 is 27.5 Å². The van der Waals surface area contributed by atoms with Gasteiger partial charge in [0.1, 0.15) is 0 Å². The second-order valence-corrected chi connectivity index (χ2v) is 8.53. The minimum Gasteiger partial charge on any atom is -0.355 e. The molecule has 0 radical (unpaired) electrons. The SMILES string of the molecule is CCN(CCNC(=O)CCNS(=O)(=O)c1ccc(Cl)c(C(F)(F)F)c1)C(C)C. The predicted octanol–water partition coefficient (Wildman–Crippen LogP) is 2.87. The summed E-state index contributed by atoms with van der Waals surface area (Å²) in [5, 5.41) is 2.09. The average molecular weight is 444 g/mol. The normalized spacial score (nSPS) is 12.6. The van der Waals surface area contributed by atoms with Gasteiger partial charge >= 0.3 is 6.18 Å². The molecule has 0 heterocycles. The summed E-state index contributed by atoms with van der Waals surface area (Å²) in [5.41, 5.74) is -1.24. The molecule has 11 heteroatoms. The van der Waals surface area contributed by atoms with Crippen molar-refractivity contribution in [2.45, 2.75) is 44.3 Å². The lowest BCUT2D eigenvalue weighted by molar-refractivity contribution is -0.137. The summed E-state index contributed by atoms with van der Waals surface area (Å²) >= 11 is 5.49. The number of halogens is 4. The molecule has 28 heavy (non-hydrogen) atoms. The molecule has 1 rings (SSSR count). The Morgan fingerprint density at radius 1 is 1.25 bits per heavy atom. The van der Waals surface area contributed by atoms with Crippen LogP contribution < -0.4 is 10.0 Å². The Morgan fingerprint density at radius 3 is 2.43 bits per heavy atom. The number of sulfonamides is 1. The van der Waals surface area contributed by atoms with E-state index in [1.165, 1.54) is 0 Å². The Hall–Kier alpha value is -1.36. The fraction of sp³-hybridized carbons (Fsp3) is 0.588. The van der Waals surface area contributed by atoms with E-state index >= 15 is 0 Å². The summed E-state index contributed by atoms with van der Waals surface area (Å²) < 4.78 is 65.1. The van der Waals surface area contributed by atoms with Crippen LogP contribution in [0.3, 0.4) is 0 Å². The molecule has 0 spiro atoms. The van der Waals surface area contributed by atoms with Crippen LogP contribution in [0.25, 0.3) is 0 Å². The molecule has 0 saturated carbocycles. The number of nitrogens with one attached hydrogen (secondary N) is 2. The van der Waals surface area contributed by atoms with Crippen LogP contribution in [0.5, 0.6) is 0 Å². The van der Waals surface area contributed by atoms with Crippen molar-refractivity contribution in [1.29, 1.82) is 0 Å². The van der Waals surface area contributed by atoms with Gasteiger partial charge in [-0.1, -0.05) is 18.5 Å². The number of hydrogen-bond donors (Lipinski definition) is 2. The fourth-order valence-electron chi connectivity index (χ4n) is 2.48. The highest BCUT2D eigenvalue weighted by atomic mass is 35.5. The van der Waals surface area contributed by atoms with Crippen LogP contribution in [0, 0.1) is 0 Å². The van der Waals surface area contributed by atoms with Crippen molar-refractivity contribution in [1.82, 2.24) is 14.9 Å². The fourth-order valence-corrected chi connectivity index (χ4v) is 3.76. The van der Waals surface area contributed by atoms with Gasteiger partial charge in [-0.05, 0) is 38.6 Å². The zero-order valence-electron chi connectivity index (χ0n) is 15.9. The van der Waals surface area contributed by atoms with Crippen molar-refractivity contribution in [3.8, 4) is 0 Å². The molecular weight excluding hydrogens is 419 g/mol. The molecule has 6 nitrogen and oxygen atoms in total. The van der Waals surface area contributed by atoms with E-state index in [2.05, 4.69) is 14.9 Å². The van der Waals surface area contributed by atoms with E-state index in [1.54, 1.807) is 0 Å². The number of likely N-dealkylation sites (N-methyl/N-ethyl adjacent to an activating group) is 1. The summed E-state index contributed by atoms with van der Waals surface area (Å²) in [6.07, 6.45) is -4.91. The number of benzene rings is 1. The number of carbonyl (C=O) groups is 1. The van der Waals surface area contributed by atoms with Crippen molar-refractivity contribution in [2.75, 3.05) is 26.2 Å². The van der Waals surface area contributed by atoms with E-state index in [0.717, 1.165) is 18.7 Å². The van der Waals surface area contributed by atoms with E-state index in [9.17, 15) is 26.4 Å². The first-order valence-corrected chi connectivity index (χ1v) is 10.6. The second-order valence-electron chi connectivity index (χ2n) is 6.36. The molecule has 1 aromatic rings. The van der Waals surface area contributed by atoms with Gasteiger partial charge in [-0.2, -0.15) is 13.2 Å². The van der Waals surface area contributed by atoms with E-state index in [0.29, 0.717) is 25.2 Å². The third-order valence-electron chi connectivity index (χ3n) is 4.06. The zero-order chi connectivity index (χ0) is 21.5. The Kier molecular flexibility index (Phi) is 9.19. The second kappa shape index (κ2) is 10.4. The van der Waals surface area contributed by atoms with Crippen molar-refractivity contribution in [2.24, 2.45) is 0 Å². The van der Waals surface area contributed by atoms with Crippen LogP contribution in [0.4, 0.5) is 13.2 Å². The van der Waals surface area contributed by atoms with Gasteiger partial charge in [0.25, 0.3) is 0 Å². The summed E-state index contributed by atoms with van der Waals surface area (Å²) in [6.45, 7) is 7.79. The Labute approximate surface area is 168 Å². The van der Waals surface area contributed by atoms with Gasteiger partial charge in [-0.25, -0.2) is 13.1 Å². The van der Waals surface area contributed by atoms with Crippen LogP contribution in [-0.4, -0.2) is 51.4 Å². The molecule has 2 N–H and O–H groups in total. The first kappa shape index (κ1) is 24.7. The monoisotopic (exact) mass is 443 g/mol. The Balaban J connectivity index is 2.57. The molecule has 1 aromatic carbocycles. The molecule has 160 valence electrons. The van der Waals surface area contributed by atoms with Gasteiger partial charge in [-0.3, -0.25) is 9.69 Å². The van der Waals surface area contributed by atoms with Gasteiger partial charge in [0.2, 0.25) is 15.9 Å². The lowest BCUT2D eigenvalue weighted by Gasteiger charge is -2.24. The number of rotatable bonds is 10. The highest BCUT2D eigenvalue weighted by Gasteiger charge is 2.34. The van der Waals surface area contributed by atoms with Crippen LogP contribution in [0.2, 0.25) is 5.02 Å². The van der Waals surface area contributed by atoms with Crippen LogP contribution in [0.15, 0.2) is 23.1 Å². The molecule has 0 bridgehead atoms. The maximum absolute atomic E-state index is 12.9.